The predicted octanol–water partition coefficient (Wildman–Crippen LogP) is 2.15. The number of amides is 1. The van der Waals surface area contributed by atoms with Gasteiger partial charge in [0, 0.05) is 19.0 Å². The Morgan fingerprint density at radius 1 is 1.12 bits per heavy atom. The average molecular weight is 238 g/mol. The molecule has 0 saturated heterocycles. The van der Waals surface area contributed by atoms with Gasteiger partial charge in [-0.1, -0.05) is 25.7 Å². The lowest BCUT2D eigenvalue weighted by Gasteiger charge is -2.38. The Kier molecular flexibility index (Phi) is 4.43. The first kappa shape index (κ1) is 12.9. The summed E-state index contributed by atoms with van der Waals surface area (Å²) >= 11 is 0. The van der Waals surface area contributed by atoms with E-state index in [0.717, 1.165) is 25.8 Å². The fourth-order valence-corrected chi connectivity index (χ4v) is 3.60. The van der Waals surface area contributed by atoms with Gasteiger partial charge in [-0.05, 0) is 38.1 Å². The van der Waals surface area contributed by atoms with E-state index in [4.69, 9.17) is 5.73 Å². The van der Waals surface area contributed by atoms with Crippen molar-refractivity contribution in [2.45, 2.75) is 57.4 Å². The van der Waals surface area contributed by atoms with Crippen LogP contribution in [-0.4, -0.2) is 30.4 Å². The molecule has 98 valence electrons. The Bertz CT molecular complexity index is 261. The average Bonchev–Trinajstić information content (AvgIpc) is 2.90. The molecule has 2 aliphatic rings. The number of nitrogens with two attached hydrogens (primary N) is 1. The fraction of sp³-hybridized carbons (Fsp3) is 0.929. The fourth-order valence-electron chi connectivity index (χ4n) is 3.60. The minimum absolute atomic E-state index is 0.306. The first-order valence-electron chi connectivity index (χ1n) is 7.20. The molecule has 2 fully saturated rings. The van der Waals surface area contributed by atoms with Gasteiger partial charge in [-0.3, -0.25) is 4.79 Å². The second-order valence-electron chi connectivity index (χ2n) is 5.78. The summed E-state index contributed by atoms with van der Waals surface area (Å²) in [5.74, 6) is 1.22. The van der Waals surface area contributed by atoms with E-state index in [2.05, 4.69) is 0 Å². The Morgan fingerprint density at radius 3 is 2.35 bits per heavy atom. The van der Waals surface area contributed by atoms with Crippen molar-refractivity contribution in [3.63, 3.8) is 0 Å². The Morgan fingerprint density at radius 2 is 1.71 bits per heavy atom. The number of hydrogen-bond acceptors (Lipinski definition) is 2. The van der Waals surface area contributed by atoms with Gasteiger partial charge in [-0.2, -0.15) is 0 Å². The Hall–Kier alpha value is -0.570. The van der Waals surface area contributed by atoms with Crippen LogP contribution in [0.5, 0.6) is 0 Å². The van der Waals surface area contributed by atoms with E-state index in [1.165, 1.54) is 32.1 Å². The lowest BCUT2D eigenvalue weighted by Crippen LogP contribution is -2.47. The molecule has 2 N–H and O–H groups in total. The number of carbonyl (C=O) groups is 1. The number of nitrogens with zero attached hydrogens (tertiary/aromatic N) is 1. The molecule has 0 spiro atoms. The van der Waals surface area contributed by atoms with Crippen molar-refractivity contribution < 1.29 is 4.79 Å². The first-order chi connectivity index (χ1) is 8.24. The van der Waals surface area contributed by atoms with Crippen LogP contribution in [0.25, 0.3) is 0 Å². The molecule has 2 rings (SSSR count). The molecular formula is C14H26N2O. The van der Waals surface area contributed by atoms with Crippen LogP contribution in [0, 0.1) is 11.8 Å². The zero-order valence-corrected chi connectivity index (χ0v) is 11.0. The molecule has 0 radical (unpaired) electrons. The van der Waals surface area contributed by atoms with Crippen LogP contribution in [0.2, 0.25) is 0 Å². The highest BCUT2D eigenvalue weighted by atomic mass is 16.2. The van der Waals surface area contributed by atoms with E-state index in [0.29, 0.717) is 23.8 Å². The summed E-state index contributed by atoms with van der Waals surface area (Å²) in [7, 11) is 2.00. The number of rotatable bonds is 3. The maximum Gasteiger partial charge on any atom is 0.225 e. The summed E-state index contributed by atoms with van der Waals surface area (Å²) in [6.07, 6.45) is 9.55. The largest absolute Gasteiger partial charge is 0.342 e. The molecule has 17 heavy (non-hydrogen) atoms. The molecule has 0 bridgehead atoms. The Balaban J connectivity index is 1.96. The molecule has 0 aromatic rings. The molecule has 0 aromatic heterocycles. The maximum absolute atomic E-state index is 12.4. The van der Waals surface area contributed by atoms with E-state index >= 15 is 0 Å². The molecule has 2 aliphatic carbocycles. The molecule has 2 atom stereocenters. The van der Waals surface area contributed by atoms with E-state index < -0.39 is 0 Å². The minimum atomic E-state index is 0.306. The quantitative estimate of drug-likeness (QED) is 0.819. The zero-order valence-electron chi connectivity index (χ0n) is 11.0. The third-order valence-corrected chi connectivity index (χ3v) is 4.72. The smallest absolute Gasteiger partial charge is 0.225 e. The summed E-state index contributed by atoms with van der Waals surface area (Å²) in [4.78, 5) is 14.4. The topological polar surface area (TPSA) is 46.3 Å². The molecule has 2 saturated carbocycles. The van der Waals surface area contributed by atoms with Gasteiger partial charge in [0.2, 0.25) is 5.91 Å². The van der Waals surface area contributed by atoms with Crippen molar-refractivity contribution in [1.82, 2.24) is 4.90 Å². The molecular weight excluding hydrogens is 212 g/mol. The van der Waals surface area contributed by atoms with Crippen molar-refractivity contribution in [2.24, 2.45) is 17.6 Å². The van der Waals surface area contributed by atoms with Gasteiger partial charge >= 0.3 is 0 Å². The number of hydrogen-bond donors (Lipinski definition) is 1. The van der Waals surface area contributed by atoms with Crippen LogP contribution >= 0.6 is 0 Å². The standard InChI is InChI=1S/C14H26N2O/c1-16(14(17)11-6-2-3-7-11)13-9-5-4-8-12(13)10-15/h11-13H,2-10,15H2,1H3. The van der Waals surface area contributed by atoms with Crippen molar-refractivity contribution in [3.05, 3.63) is 0 Å². The molecule has 0 heterocycles. The van der Waals surface area contributed by atoms with Crippen LogP contribution < -0.4 is 5.73 Å². The Labute approximate surface area is 105 Å². The van der Waals surface area contributed by atoms with Crippen molar-refractivity contribution >= 4 is 5.91 Å². The highest BCUT2D eigenvalue weighted by Gasteiger charge is 2.33. The van der Waals surface area contributed by atoms with Gasteiger partial charge < -0.3 is 10.6 Å². The summed E-state index contributed by atoms with van der Waals surface area (Å²) in [6.45, 7) is 0.729. The SMILES string of the molecule is CN(C(=O)C1CCCC1)C1CCCCC1CN. The summed E-state index contributed by atoms with van der Waals surface area (Å²) in [6, 6.07) is 0.404. The second-order valence-corrected chi connectivity index (χ2v) is 5.78. The molecule has 2 unspecified atom stereocenters. The summed E-state index contributed by atoms with van der Waals surface area (Å²) in [5, 5.41) is 0. The molecule has 1 amide bonds. The van der Waals surface area contributed by atoms with Crippen LogP contribution in [-0.2, 0) is 4.79 Å². The van der Waals surface area contributed by atoms with Crippen molar-refractivity contribution in [2.75, 3.05) is 13.6 Å². The minimum Gasteiger partial charge on any atom is -0.342 e. The molecule has 3 nitrogen and oxygen atoms in total. The van der Waals surface area contributed by atoms with E-state index in [-0.39, 0.29) is 0 Å². The summed E-state index contributed by atoms with van der Waals surface area (Å²) < 4.78 is 0. The van der Waals surface area contributed by atoms with E-state index in [1.54, 1.807) is 0 Å². The van der Waals surface area contributed by atoms with E-state index in [1.807, 2.05) is 11.9 Å². The number of carbonyl (C=O) groups excluding carboxylic acids is 1. The van der Waals surface area contributed by atoms with Gasteiger partial charge in [0.15, 0.2) is 0 Å². The third-order valence-electron chi connectivity index (χ3n) is 4.72. The van der Waals surface area contributed by atoms with E-state index in [9.17, 15) is 4.79 Å². The lowest BCUT2D eigenvalue weighted by atomic mass is 9.83. The second kappa shape index (κ2) is 5.85. The van der Waals surface area contributed by atoms with Gasteiger partial charge in [0.05, 0.1) is 0 Å². The van der Waals surface area contributed by atoms with Gasteiger partial charge in [-0.15, -0.1) is 0 Å². The van der Waals surface area contributed by atoms with Crippen LogP contribution in [0.15, 0.2) is 0 Å². The van der Waals surface area contributed by atoms with Crippen molar-refractivity contribution in [1.29, 1.82) is 0 Å². The first-order valence-corrected chi connectivity index (χ1v) is 7.20. The molecule has 3 heteroatoms. The lowest BCUT2D eigenvalue weighted by molar-refractivity contribution is -0.137. The molecule has 0 aromatic carbocycles. The van der Waals surface area contributed by atoms with Crippen molar-refractivity contribution in [3.8, 4) is 0 Å². The maximum atomic E-state index is 12.4. The van der Waals surface area contributed by atoms with Gasteiger partial charge in [-0.25, -0.2) is 0 Å². The van der Waals surface area contributed by atoms with Gasteiger partial charge in [0.25, 0.3) is 0 Å². The van der Waals surface area contributed by atoms with Gasteiger partial charge in [0.1, 0.15) is 0 Å². The highest BCUT2D eigenvalue weighted by Crippen LogP contribution is 2.31. The zero-order chi connectivity index (χ0) is 12.3. The summed E-state index contributed by atoms with van der Waals surface area (Å²) in [5.41, 5.74) is 5.85. The normalized spacial score (nSPS) is 30.5. The van der Waals surface area contributed by atoms with Crippen LogP contribution in [0.3, 0.4) is 0 Å². The van der Waals surface area contributed by atoms with Crippen LogP contribution in [0.1, 0.15) is 51.4 Å². The molecule has 0 aliphatic heterocycles. The monoisotopic (exact) mass is 238 g/mol. The highest BCUT2D eigenvalue weighted by molar-refractivity contribution is 5.79. The van der Waals surface area contributed by atoms with Crippen LogP contribution in [0.4, 0.5) is 0 Å². The third kappa shape index (κ3) is 2.82. The predicted molar refractivity (Wildman–Crippen MR) is 69.5 cm³/mol.